The Bertz CT molecular complexity index is 450. The maximum atomic E-state index is 12.0. The van der Waals surface area contributed by atoms with E-state index in [-0.39, 0.29) is 24.3 Å². The summed E-state index contributed by atoms with van der Waals surface area (Å²) in [5, 5.41) is 14.4. The number of carbonyl (C=O) groups excluding carboxylic acids is 1. The summed E-state index contributed by atoms with van der Waals surface area (Å²) >= 11 is 0. The molecule has 0 spiro atoms. The SMILES string of the molecule is CCOC(=O)c1c(O)c(CC)nn1C1CCCCO1. The maximum absolute atomic E-state index is 12.0. The first-order chi connectivity index (χ1) is 9.19. The zero-order valence-corrected chi connectivity index (χ0v) is 11.4. The predicted molar refractivity (Wildman–Crippen MR) is 68.1 cm³/mol. The fourth-order valence-corrected chi connectivity index (χ4v) is 2.23. The summed E-state index contributed by atoms with van der Waals surface area (Å²) in [4.78, 5) is 12.0. The van der Waals surface area contributed by atoms with Gasteiger partial charge in [0.25, 0.3) is 0 Å². The van der Waals surface area contributed by atoms with Crippen molar-refractivity contribution >= 4 is 5.97 Å². The fourth-order valence-electron chi connectivity index (χ4n) is 2.23. The Labute approximate surface area is 112 Å². The molecule has 0 saturated carbocycles. The first kappa shape index (κ1) is 13.9. The number of hydrogen-bond acceptors (Lipinski definition) is 5. The van der Waals surface area contributed by atoms with Gasteiger partial charge in [-0.25, -0.2) is 9.48 Å². The lowest BCUT2D eigenvalue weighted by molar-refractivity contribution is -0.0420. The minimum atomic E-state index is -0.554. The Morgan fingerprint density at radius 2 is 2.32 bits per heavy atom. The van der Waals surface area contributed by atoms with Gasteiger partial charge < -0.3 is 14.6 Å². The average Bonchev–Trinajstić information content (AvgIpc) is 2.77. The minimum absolute atomic E-state index is 0.0878. The quantitative estimate of drug-likeness (QED) is 0.846. The van der Waals surface area contributed by atoms with Crippen LogP contribution in [-0.2, 0) is 15.9 Å². The van der Waals surface area contributed by atoms with E-state index < -0.39 is 5.97 Å². The smallest absolute Gasteiger partial charge is 0.360 e. The van der Waals surface area contributed by atoms with Gasteiger partial charge in [0.2, 0.25) is 0 Å². The molecule has 1 aromatic heterocycles. The molecule has 1 N–H and O–H groups in total. The Kier molecular flexibility index (Phi) is 4.42. The van der Waals surface area contributed by atoms with Crippen LogP contribution in [-0.4, -0.2) is 34.1 Å². The molecule has 2 rings (SSSR count). The molecule has 0 bridgehead atoms. The highest BCUT2D eigenvalue weighted by atomic mass is 16.5. The third-order valence-corrected chi connectivity index (χ3v) is 3.19. The standard InChI is InChI=1S/C13H20N2O4/c1-3-9-12(16)11(13(17)18-4-2)15(14-9)10-7-5-6-8-19-10/h10,16H,3-8H2,1-2H3. The van der Waals surface area contributed by atoms with Gasteiger partial charge >= 0.3 is 5.97 Å². The highest BCUT2D eigenvalue weighted by Gasteiger charge is 2.29. The van der Waals surface area contributed by atoms with Crippen molar-refractivity contribution in [2.24, 2.45) is 0 Å². The lowest BCUT2D eigenvalue weighted by Crippen LogP contribution is -2.23. The van der Waals surface area contributed by atoms with Gasteiger partial charge in [0, 0.05) is 6.61 Å². The van der Waals surface area contributed by atoms with Crippen molar-refractivity contribution in [2.45, 2.75) is 45.8 Å². The summed E-state index contributed by atoms with van der Waals surface area (Å²) in [6.07, 6.45) is 3.09. The van der Waals surface area contributed by atoms with Crippen molar-refractivity contribution in [1.82, 2.24) is 9.78 Å². The average molecular weight is 268 g/mol. The van der Waals surface area contributed by atoms with Crippen LogP contribution in [0.5, 0.6) is 5.75 Å². The van der Waals surface area contributed by atoms with Crippen molar-refractivity contribution in [2.75, 3.05) is 13.2 Å². The number of carbonyl (C=O) groups is 1. The van der Waals surface area contributed by atoms with Gasteiger partial charge in [0.1, 0.15) is 5.69 Å². The zero-order valence-electron chi connectivity index (χ0n) is 11.4. The number of esters is 1. The van der Waals surface area contributed by atoms with Crippen LogP contribution in [0.4, 0.5) is 0 Å². The van der Waals surface area contributed by atoms with Crippen LogP contribution in [0.2, 0.25) is 0 Å². The summed E-state index contributed by atoms with van der Waals surface area (Å²) in [7, 11) is 0. The second-order valence-electron chi connectivity index (χ2n) is 4.48. The first-order valence-electron chi connectivity index (χ1n) is 6.78. The molecule has 1 atom stereocenters. The molecule has 1 aliphatic rings. The number of aryl methyl sites for hydroxylation is 1. The van der Waals surface area contributed by atoms with Crippen molar-refractivity contribution < 1.29 is 19.4 Å². The third-order valence-electron chi connectivity index (χ3n) is 3.19. The molecule has 1 aromatic rings. The van der Waals surface area contributed by atoms with E-state index in [2.05, 4.69) is 5.10 Å². The molecule has 1 unspecified atom stereocenters. The first-order valence-corrected chi connectivity index (χ1v) is 6.78. The van der Waals surface area contributed by atoms with Crippen LogP contribution in [0.1, 0.15) is 55.5 Å². The van der Waals surface area contributed by atoms with Gasteiger partial charge in [-0.05, 0) is 32.6 Å². The fraction of sp³-hybridized carbons (Fsp3) is 0.692. The van der Waals surface area contributed by atoms with Crippen LogP contribution in [0.25, 0.3) is 0 Å². The van der Waals surface area contributed by atoms with Crippen LogP contribution in [0.15, 0.2) is 0 Å². The summed E-state index contributed by atoms with van der Waals surface area (Å²) in [5.74, 6) is -0.642. The summed E-state index contributed by atoms with van der Waals surface area (Å²) < 4.78 is 12.1. The van der Waals surface area contributed by atoms with E-state index in [4.69, 9.17) is 9.47 Å². The van der Waals surface area contributed by atoms with Crippen LogP contribution in [0, 0.1) is 0 Å². The monoisotopic (exact) mass is 268 g/mol. The van der Waals surface area contributed by atoms with E-state index in [1.165, 1.54) is 4.68 Å². The number of aromatic nitrogens is 2. The van der Waals surface area contributed by atoms with Crippen molar-refractivity contribution in [3.05, 3.63) is 11.4 Å². The second-order valence-corrected chi connectivity index (χ2v) is 4.48. The van der Waals surface area contributed by atoms with E-state index in [1.54, 1.807) is 6.92 Å². The Morgan fingerprint density at radius 1 is 1.53 bits per heavy atom. The summed E-state index contributed by atoms with van der Waals surface area (Å²) in [6.45, 7) is 4.52. The summed E-state index contributed by atoms with van der Waals surface area (Å²) in [5.41, 5.74) is 0.600. The van der Waals surface area contributed by atoms with Crippen molar-refractivity contribution in [3.8, 4) is 5.75 Å². The molecule has 2 heterocycles. The highest BCUT2D eigenvalue weighted by molar-refractivity contribution is 5.91. The molecular weight excluding hydrogens is 248 g/mol. The van der Waals surface area contributed by atoms with Crippen LogP contribution in [0.3, 0.4) is 0 Å². The second kappa shape index (κ2) is 6.06. The summed E-state index contributed by atoms with van der Waals surface area (Å²) in [6, 6.07) is 0. The number of aromatic hydroxyl groups is 1. The molecule has 6 nitrogen and oxygen atoms in total. The van der Waals surface area contributed by atoms with Gasteiger partial charge in [-0.2, -0.15) is 5.10 Å². The van der Waals surface area contributed by atoms with Gasteiger partial charge in [-0.1, -0.05) is 6.92 Å². The predicted octanol–water partition coefficient (Wildman–Crippen LogP) is 2.03. The Morgan fingerprint density at radius 3 is 2.89 bits per heavy atom. The Balaban J connectivity index is 2.37. The van der Waals surface area contributed by atoms with Crippen LogP contribution < -0.4 is 0 Å². The van der Waals surface area contributed by atoms with Gasteiger partial charge in [-0.3, -0.25) is 0 Å². The highest BCUT2D eigenvalue weighted by Crippen LogP contribution is 2.30. The molecule has 1 fully saturated rings. The van der Waals surface area contributed by atoms with Gasteiger partial charge in [-0.15, -0.1) is 0 Å². The van der Waals surface area contributed by atoms with E-state index in [0.29, 0.717) is 18.7 Å². The topological polar surface area (TPSA) is 73.6 Å². The van der Waals surface area contributed by atoms with Crippen molar-refractivity contribution in [1.29, 1.82) is 0 Å². The normalized spacial score (nSPS) is 19.4. The molecule has 0 amide bonds. The molecule has 0 aliphatic carbocycles. The number of rotatable bonds is 4. The minimum Gasteiger partial charge on any atom is -0.504 e. The lowest BCUT2D eigenvalue weighted by atomic mass is 10.2. The van der Waals surface area contributed by atoms with Gasteiger partial charge in [0.15, 0.2) is 17.7 Å². The number of nitrogens with zero attached hydrogens (tertiary/aromatic N) is 2. The largest absolute Gasteiger partial charge is 0.504 e. The van der Waals surface area contributed by atoms with E-state index >= 15 is 0 Å². The molecule has 1 aliphatic heterocycles. The van der Waals surface area contributed by atoms with Crippen LogP contribution >= 0.6 is 0 Å². The zero-order chi connectivity index (χ0) is 13.8. The molecular formula is C13H20N2O4. The third kappa shape index (κ3) is 2.73. The maximum Gasteiger partial charge on any atom is 0.360 e. The molecule has 106 valence electrons. The van der Waals surface area contributed by atoms with E-state index in [9.17, 15) is 9.90 Å². The molecule has 0 radical (unpaired) electrons. The Hall–Kier alpha value is -1.56. The van der Waals surface area contributed by atoms with E-state index in [1.807, 2.05) is 6.92 Å². The lowest BCUT2D eigenvalue weighted by Gasteiger charge is -2.23. The molecule has 0 aromatic carbocycles. The molecule has 19 heavy (non-hydrogen) atoms. The molecule has 6 heteroatoms. The number of ether oxygens (including phenoxy) is 2. The van der Waals surface area contributed by atoms with E-state index in [0.717, 1.165) is 19.3 Å². The number of hydrogen-bond donors (Lipinski definition) is 1. The van der Waals surface area contributed by atoms with Crippen molar-refractivity contribution in [3.63, 3.8) is 0 Å². The molecule has 1 saturated heterocycles. The van der Waals surface area contributed by atoms with Gasteiger partial charge in [0.05, 0.1) is 6.61 Å².